The van der Waals surface area contributed by atoms with Gasteiger partial charge in [-0.3, -0.25) is 9.19 Å². The topological polar surface area (TPSA) is 108 Å². The fourth-order valence-electron chi connectivity index (χ4n) is 2.32. The monoisotopic (exact) mass is 445 g/mol. The number of pyridine rings is 1. The van der Waals surface area contributed by atoms with E-state index in [2.05, 4.69) is 15.0 Å². The Bertz CT molecular complexity index is 944. The third-order valence-electron chi connectivity index (χ3n) is 3.82. The molecule has 0 aliphatic carbocycles. The maximum Gasteiger partial charge on any atom is 0.422 e. The molecule has 3 rings (SSSR count). The molecular weight excluding hydrogens is 423 g/mol. The molecule has 2 heterocycles. The lowest BCUT2D eigenvalue weighted by atomic mass is 10.2. The van der Waals surface area contributed by atoms with Crippen LogP contribution in [0.5, 0.6) is 5.75 Å². The number of imidazole rings is 1. The molecule has 0 unspecified atom stereocenters. The zero-order valence-electron chi connectivity index (χ0n) is 16.1. The number of hydrogen-bond donors (Lipinski definition) is 3. The molecule has 0 saturated heterocycles. The van der Waals surface area contributed by atoms with Crippen molar-refractivity contribution in [3.05, 3.63) is 47.8 Å². The Balaban J connectivity index is 0.000000575. The summed E-state index contributed by atoms with van der Waals surface area (Å²) in [7, 11) is -1.51. The number of aliphatic hydroxyl groups is 2. The first-order chi connectivity index (χ1) is 14.2. The fourth-order valence-corrected chi connectivity index (χ4v) is 3.42. The number of halogens is 3. The number of rotatable bonds is 7. The van der Waals surface area contributed by atoms with Gasteiger partial charge >= 0.3 is 6.18 Å². The van der Waals surface area contributed by atoms with Crippen LogP contribution in [0.15, 0.2) is 41.7 Å². The van der Waals surface area contributed by atoms with Crippen LogP contribution in [-0.4, -0.2) is 55.4 Å². The second kappa shape index (κ2) is 11.0. The average Bonchev–Trinajstić information content (AvgIpc) is 3.13. The summed E-state index contributed by atoms with van der Waals surface area (Å²) in [6.45, 7) is 0.390. The average molecular weight is 445 g/mol. The van der Waals surface area contributed by atoms with Crippen molar-refractivity contribution in [2.75, 3.05) is 19.8 Å². The highest BCUT2D eigenvalue weighted by Gasteiger charge is 2.29. The Kier molecular flexibility index (Phi) is 8.75. The lowest BCUT2D eigenvalue weighted by Gasteiger charge is -2.13. The highest BCUT2D eigenvalue weighted by molar-refractivity contribution is 7.84. The maximum atomic E-state index is 12.5. The highest BCUT2D eigenvalue weighted by atomic mass is 32.2. The number of nitrogens with one attached hydrogen (secondary N) is 1. The Morgan fingerprint density at radius 3 is 2.47 bits per heavy atom. The van der Waals surface area contributed by atoms with Gasteiger partial charge in [-0.1, -0.05) is 12.1 Å². The van der Waals surface area contributed by atoms with E-state index in [1.54, 1.807) is 13.0 Å². The number of para-hydroxylation sites is 2. The van der Waals surface area contributed by atoms with Crippen LogP contribution in [0, 0.1) is 6.92 Å². The molecule has 0 radical (unpaired) electrons. The summed E-state index contributed by atoms with van der Waals surface area (Å²) in [5, 5.41) is 16.1. The molecule has 11 heteroatoms. The van der Waals surface area contributed by atoms with E-state index in [0.717, 1.165) is 5.52 Å². The third-order valence-corrected chi connectivity index (χ3v) is 4.98. The Labute approximate surface area is 173 Å². The quantitative estimate of drug-likeness (QED) is 0.516. The van der Waals surface area contributed by atoms with Gasteiger partial charge in [0.1, 0.15) is 5.75 Å². The predicted octanol–water partition coefficient (Wildman–Crippen LogP) is 2.88. The maximum absolute atomic E-state index is 12.5. The van der Waals surface area contributed by atoms with Crippen molar-refractivity contribution < 1.29 is 32.3 Å². The predicted molar refractivity (Wildman–Crippen MR) is 106 cm³/mol. The van der Waals surface area contributed by atoms with E-state index >= 15 is 0 Å². The van der Waals surface area contributed by atoms with Crippen molar-refractivity contribution in [3.8, 4) is 5.75 Å². The van der Waals surface area contributed by atoms with Gasteiger partial charge in [-0.25, -0.2) is 4.98 Å². The van der Waals surface area contributed by atoms with Gasteiger partial charge in [0.05, 0.1) is 33.3 Å². The first-order valence-corrected chi connectivity index (χ1v) is 10.3. The fraction of sp³-hybridized carbons (Fsp3) is 0.368. The molecule has 1 aromatic carbocycles. The number of aromatic amines is 1. The van der Waals surface area contributed by atoms with E-state index in [1.807, 2.05) is 18.2 Å². The highest BCUT2D eigenvalue weighted by Crippen LogP contribution is 2.24. The van der Waals surface area contributed by atoms with Gasteiger partial charge in [0.25, 0.3) is 0 Å². The smallest absolute Gasteiger partial charge is 0.422 e. The van der Waals surface area contributed by atoms with Crippen molar-refractivity contribution in [2.24, 2.45) is 0 Å². The SMILES string of the molecule is Cc1c(OCC(F)(F)F)ccnc1C[S@@](=O)c1nc2ccccc2[nH]1.OCCCO. The van der Waals surface area contributed by atoms with Crippen LogP contribution < -0.4 is 4.74 Å². The van der Waals surface area contributed by atoms with Crippen LogP contribution in [0.2, 0.25) is 0 Å². The van der Waals surface area contributed by atoms with Gasteiger partial charge in [0.15, 0.2) is 11.8 Å². The number of fused-ring (bicyclic) bond motifs is 1. The summed E-state index contributed by atoms with van der Waals surface area (Å²) >= 11 is 0. The van der Waals surface area contributed by atoms with E-state index in [9.17, 15) is 17.4 Å². The van der Waals surface area contributed by atoms with E-state index in [4.69, 9.17) is 14.9 Å². The molecule has 1 atom stereocenters. The summed E-state index contributed by atoms with van der Waals surface area (Å²) in [5.41, 5.74) is 2.28. The molecule has 3 N–H and O–H groups in total. The van der Waals surface area contributed by atoms with Crippen LogP contribution in [0.3, 0.4) is 0 Å². The molecular formula is C19H22F3N3O4S. The minimum Gasteiger partial charge on any atom is -0.484 e. The van der Waals surface area contributed by atoms with E-state index in [0.29, 0.717) is 28.4 Å². The Morgan fingerprint density at radius 2 is 1.87 bits per heavy atom. The number of aliphatic hydroxyl groups excluding tert-OH is 2. The number of ether oxygens (including phenoxy) is 1. The normalized spacial score (nSPS) is 12.3. The summed E-state index contributed by atoms with van der Waals surface area (Å²) < 4.78 is 54.2. The summed E-state index contributed by atoms with van der Waals surface area (Å²) in [6.07, 6.45) is -2.59. The van der Waals surface area contributed by atoms with Crippen molar-refractivity contribution in [2.45, 2.75) is 30.4 Å². The molecule has 0 bridgehead atoms. The van der Waals surface area contributed by atoms with Crippen molar-refractivity contribution >= 4 is 21.8 Å². The molecule has 2 aromatic heterocycles. The zero-order chi connectivity index (χ0) is 22.1. The van der Waals surface area contributed by atoms with Gasteiger partial charge in [0, 0.05) is 25.0 Å². The summed E-state index contributed by atoms with van der Waals surface area (Å²) in [4.78, 5) is 11.3. The van der Waals surface area contributed by atoms with Crippen molar-refractivity contribution in [1.82, 2.24) is 15.0 Å². The van der Waals surface area contributed by atoms with E-state index in [-0.39, 0.29) is 24.7 Å². The number of aromatic nitrogens is 3. The summed E-state index contributed by atoms with van der Waals surface area (Å²) in [5.74, 6) is 0.0958. The van der Waals surface area contributed by atoms with Gasteiger partial charge in [0.2, 0.25) is 0 Å². The van der Waals surface area contributed by atoms with E-state index in [1.165, 1.54) is 12.3 Å². The first-order valence-electron chi connectivity index (χ1n) is 8.94. The standard InChI is InChI=1S/C16H14F3N3O2S.C3H8O2/c1-10-13(20-7-6-14(10)24-9-16(17,18)19)8-25(23)15-21-11-4-2-3-5-12(11)22-15;4-2-1-3-5/h2-7H,8-9H2,1H3,(H,21,22);4-5H,1-3H2/t25-;/m1./s1. The third kappa shape index (κ3) is 7.08. The van der Waals surface area contributed by atoms with Crippen molar-refractivity contribution in [1.29, 1.82) is 0 Å². The van der Waals surface area contributed by atoms with Gasteiger partial charge in [-0.15, -0.1) is 0 Å². The van der Waals surface area contributed by atoms with Crippen LogP contribution in [0.1, 0.15) is 17.7 Å². The second-order valence-electron chi connectivity index (χ2n) is 6.13. The van der Waals surface area contributed by atoms with Gasteiger partial charge in [-0.05, 0) is 31.5 Å². The Hall–Kier alpha value is -2.50. The molecule has 0 spiro atoms. The lowest BCUT2D eigenvalue weighted by molar-refractivity contribution is -0.153. The molecule has 3 aromatic rings. The molecule has 30 heavy (non-hydrogen) atoms. The number of alkyl halides is 3. The molecule has 0 aliphatic rings. The molecule has 7 nitrogen and oxygen atoms in total. The van der Waals surface area contributed by atoms with Crippen LogP contribution in [-0.2, 0) is 16.6 Å². The van der Waals surface area contributed by atoms with Gasteiger partial charge < -0.3 is 19.9 Å². The molecule has 0 fully saturated rings. The first kappa shape index (κ1) is 23.8. The molecule has 0 aliphatic heterocycles. The zero-order valence-corrected chi connectivity index (χ0v) is 17.0. The minimum absolute atomic E-state index is 0.0227. The van der Waals surface area contributed by atoms with E-state index < -0.39 is 23.6 Å². The largest absolute Gasteiger partial charge is 0.484 e. The van der Waals surface area contributed by atoms with Crippen LogP contribution in [0.4, 0.5) is 13.2 Å². The van der Waals surface area contributed by atoms with Crippen LogP contribution in [0.25, 0.3) is 11.0 Å². The number of benzene rings is 1. The number of hydrogen-bond acceptors (Lipinski definition) is 6. The second-order valence-corrected chi connectivity index (χ2v) is 7.50. The minimum atomic E-state index is -4.42. The Morgan fingerprint density at radius 1 is 1.17 bits per heavy atom. The molecule has 0 amide bonds. The molecule has 164 valence electrons. The molecule has 0 saturated carbocycles. The van der Waals surface area contributed by atoms with Crippen molar-refractivity contribution in [3.63, 3.8) is 0 Å². The summed E-state index contributed by atoms with van der Waals surface area (Å²) in [6, 6.07) is 8.62. The number of H-pyrrole nitrogens is 1. The number of nitrogens with zero attached hydrogens (tertiary/aromatic N) is 2. The van der Waals surface area contributed by atoms with Crippen LogP contribution >= 0.6 is 0 Å². The van der Waals surface area contributed by atoms with Gasteiger partial charge in [-0.2, -0.15) is 13.2 Å². The lowest BCUT2D eigenvalue weighted by Crippen LogP contribution is -2.19.